The van der Waals surface area contributed by atoms with Gasteiger partial charge in [-0.3, -0.25) is 0 Å². The zero-order valence-electron chi connectivity index (χ0n) is 10.6. The molecule has 2 rings (SSSR count). The minimum atomic E-state index is 0.255. The van der Waals surface area contributed by atoms with E-state index in [0.717, 1.165) is 17.9 Å². The molecule has 3 heteroatoms. The zero-order chi connectivity index (χ0) is 12.6. The summed E-state index contributed by atoms with van der Waals surface area (Å²) in [7, 11) is 0. The van der Waals surface area contributed by atoms with Crippen molar-refractivity contribution in [3.63, 3.8) is 0 Å². The van der Waals surface area contributed by atoms with Gasteiger partial charge in [0.05, 0.1) is 4.83 Å². The lowest BCUT2D eigenvalue weighted by molar-refractivity contribution is 0.500. The number of halogens is 1. The van der Waals surface area contributed by atoms with Crippen molar-refractivity contribution in [1.29, 1.82) is 0 Å². The topological polar surface area (TPSA) is 13.1 Å². The summed E-state index contributed by atoms with van der Waals surface area (Å²) < 4.78 is 5.70. The molecule has 0 aliphatic rings. The molecule has 0 spiro atoms. The first kappa shape index (κ1) is 12.9. The smallest absolute Gasteiger partial charge is 0.106 e. The SMILES string of the molecule is CCc1ccc(C(Br)c2c(C)oc(C)c2C)s1. The second-order valence-corrected chi connectivity index (χ2v) is 6.39. The average molecular weight is 313 g/mol. The molecule has 1 unspecified atom stereocenters. The molecule has 0 saturated carbocycles. The Kier molecular flexibility index (Phi) is 3.79. The van der Waals surface area contributed by atoms with Gasteiger partial charge >= 0.3 is 0 Å². The van der Waals surface area contributed by atoms with Gasteiger partial charge in [0.15, 0.2) is 0 Å². The van der Waals surface area contributed by atoms with Crippen molar-refractivity contribution in [2.45, 2.75) is 38.9 Å². The van der Waals surface area contributed by atoms with Crippen LogP contribution in [0.2, 0.25) is 0 Å². The molecule has 1 atom stereocenters. The summed E-state index contributed by atoms with van der Waals surface area (Å²) in [6, 6.07) is 4.43. The van der Waals surface area contributed by atoms with E-state index in [2.05, 4.69) is 41.9 Å². The van der Waals surface area contributed by atoms with Gasteiger partial charge in [-0.05, 0) is 44.9 Å². The van der Waals surface area contributed by atoms with Crippen LogP contribution in [0.4, 0.5) is 0 Å². The highest BCUT2D eigenvalue weighted by molar-refractivity contribution is 9.09. The monoisotopic (exact) mass is 312 g/mol. The Morgan fingerprint density at radius 1 is 1.24 bits per heavy atom. The van der Waals surface area contributed by atoms with E-state index in [9.17, 15) is 0 Å². The molecule has 2 heterocycles. The number of thiophene rings is 1. The normalized spacial score (nSPS) is 13.0. The second-order valence-electron chi connectivity index (χ2n) is 4.27. The van der Waals surface area contributed by atoms with Crippen molar-refractivity contribution in [1.82, 2.24) is 0 Å². The number of alkyl halides is 1. The minimum absolute atomic E-state index is 0.255. The summed E-state index contributed by atoms with van der Waals surface area (Å²) in [5, 5.41) is 0. The van der Waals surface area contributed by atoms with Crippen molar-refractivity contribution in [2.24, 2.45) is 0 Å². The lowest BCUT2D eigenvalue weighted by Crippen LogP contribution is -1.92. The number of hydrogen-bond acceptors (Lipinski definition) is 2. The maximum absolute atomic E-state index is 5.70. The molecule has 0 fully saturated rings. The number of rotatable bonds is 3. The summed E-state index contributed by atoms with van der Waals surface area (Å²) >= 11 is 5.68. The van der Waals surface area contributed by atoms with Crippen molar-refractivity contribution >= 4 is 27.3 Å². The number of hydrogen-bond donors (Lipinski definition) is 0. The van der Waals surface area contributed by atoms with Crippen LogP contribution in [0.25, 0.3) is 0 Å². The highest BCUT2D eigenvalue weighted by Crippen LogP contribution is 2.40. The maximum Gasteiger partial charge on any atom is 0.106 e. The Labute approximate surface area is 115 Å². The fourth-order valence-electron chi connectivity index (χ4n) is 2.05. The molecule has 1 nitrogen and oxygen atoms in total. The van der Waals surface area contributed by atoms with E-state index in [4.69, 9.17) is 4.42 Å². The van der Waals surface area contributed by atoms with Gasteiger partial charge in [0.25, 0.3) is 0 Å². The van der Waals surface area contributed by atoms with Crippen molar-refractivity contribution < 1.29 is 4.42 Å². The Morgan fingerprint density at radius 3 is 2.41 bits per heavy atom. The van der Waals surface area contributed by atoms with Crippen LogP contribution in [0.15, 0.2) is 16.5 Å². The first-order valence-corrected chi connectivity index (χ1v) is 7.57. The van der Waals surface area contributed by atoms with Crippen LogP contribution in [0, 0.1) is 20.8 Å². The highest BCUT2D eigenvalue weighted by Gasteiger charge is 2.21. The molecular weight excluding hydrogens is 296 g/mol. The number of aryl methyl sites for hydroxylation is 3. The lowest BCUT2D eigenvalue weighted by atomic mass is 10.1. The van der Waals surface area contributed by atoms with Gasteiger partial charge < -0.3 is 4.42 Å². The van der Waals surface area contributed by atoms with Gasteiger partial charge in [-0.2, -0.15) is 0 Å². The van der Waals surface area contributed by atoms with Crippen molar-refractivity contribution in [3.05, 3.63) is 44.5 Å². The van der Waals surface area contributed by atoms with Crippen molar-refractivity contribution in [3.8, 4) is 0 Å². The van der Waals surface area contributed by atoms with E-state index < -0.39 is 0 Å². The van der Waals surface area contributed by atoms with Crippen molar-refractivity contribution in [2.75, 3.05) is 0 Å². The summed E-state index contributed by atoms with van der Waals surface area (Å²) in [6.07, 6.45) is 1.10. The maximum atomic E-state index is 5.70. The largest absolute Gasteiger partial charge is 0.466 e. The molecule has 0 amide bonds. The Bertz CT molecular complexity index is 524. The molecule has 0 aliphatic carbocycles. The Balaban J connectivity index is 2.39. The van der Waals surface area contributed by atoms with E-state index in [-0.39, 0.29) is 4.83 Å². The first-order valence-electron chi connectivity index (χ1n) is 5.83. The molecule has 0 aromatic carbocycles. The summed E-state index contributed by atoms with van der Waals surface area (Å²) in [5.41, 5.74) is 2.54. The third-order valence-corrected chi connectivity index (χ3v) is 5.70. The summed E-state index contributed by atoms with van der Waals surface area (Å²) in [5.74, 6) is 2.04. The molecule has 2 aromatic heterocycles. The molecule has 0 bridgehead atoms. The standard InChI is InChI=1S/C14H17BrOS/c1-5-11-6-7-12(17-11)14(15)13-8(2)9(3)16-10(13)4/h6-7,14H,5H2,1-4H3. The summed E-state index contributed by atoms with van der Waals surface area (Å²) in [4.78, 5) is 3.04. The molecule has 92 valence electrons. The lowest BCUT2D eigenvalue weighted by Gasteiger charge is -2.08. The predicted molar refractivity (Wildman–Crippen MR) is 77.4 cm³/mol. The van der Waals surface area contributed by atoms with Gasteiger partial charge in [-0.15, -0.1) is 11.3 Å². The van der Waals surface area contributed by atoms with Gasteiger partial charge in [0.2, 0.25) is 0 Å². The van der Waals surface area contributed by atoms with E-state index in [0.29, 0.717) is 0 Å². The number of furan rings is 1. The molecule has 0 saturated heterocycles. The minimum Gasteiger partial charge on any atom is -0.466 e. The van der Waals surface area contributed by atoms with Gasteiger partial charge in [-0.25, -0.2) is 0 Å². The third kappa shape index (κ3) is 2.36. The molecule has 2 aromatic rings. The van der Waals surface area contributed by atoms with Gasteiger partial charge in [0.1, 0.15) is 11.5 Å². The van der Waals surface area contributed by atoms with E-state index in [1.165, 1.54) is 20.9 Å². The van der Waals surface area contributed by atoms with E-state index in [1.54, 1.807) is 0 Å². The molecule has 0 N–H and O–H groups in total. The second kappa shape index (κ2) is 4.99. The molecule has 17 heavy (non-hydrogen) atoms. The first-order chi connectivity index (χ1) is 8.04. The van der Waals surface area contributed by atoms with Crippen LogP contribution in [0.1, 0.15) is 44.2 Å². The van der Waals surface area contributed by atoms with Crippen LogP contribution in [0.5, 0.6) is 0 Å². The Hall–Kier alpha value is -0.540. The third-order valence-electron chi connectivity index (χ3n) is 3.15. The van der Waals surface area contributed by atoms with Crippen LogP contribution < -0.4 is 0 Å². The van der Waals surface area contributed by atoms with E-state index in [1.807, 2.05) is 25.2 Å². The average Bonchev–Trinajstić information content (AvgIpc) is 2.85. The van der Waals surface area contributed by atoms with Gasteiger partial charge in [0, 0.05) is 15.3 Å². The fraction of sp³-hybridized carbons (Fsp3) is 0.429. The molecule has 0 aliphatic heterocycles. The van der Waals surface area contributed by atoms with Crippen LogP contribution in [0.3, 0.4) is 0 Å². The predicted octanol–water partition coefficient (Wildman–Crippen LogP) is 5.31. The quantitative estimate of drug-likeness (QED) is 0.700. The van der Waals surface area contributed by atoms with Crippen LogP contribution >= 0.6 is 27.3 Å². The molecular formula is C14H17BrOS. The van der Waals surface area contributed by atoms with E-state index >= 15 is 0 Å². The fourth-order valence-corrected chi connectivity index (χ4v) is 4.09. The van der Waals surface area contributed by atoms with Gasteiger partial charge in [-0.1, -0.05) is 22.9 Å². The highest BCUT2D eigenvalue weighted by atomic mass is 79.9. The zero-order valence-corrected chi connectivity index (χ0v) is 13.0. The van der Waals surface area contributed by atoms with Crippen LogP contribution in [-0.4, -0.2) is 0 Å². The van der Waals surface area contributed by atoms with Crippen LogP contribution in [-0.2, 0) is 6.42 Å². The summed E-state index contributed by atoms with van der Waals surface area (Å²) in [6.45, 7) is 8.39. The molecule has 0 radical (unpaired) electrons. The Morgan fingerprint density at radius 2 is 1.94 bits per heavy atom.